The Balaban J connectivity index is 3.09. The number of benzene rings is 1. The molecule has 0 aliphatic rings. The highest BCUT2D eigenvalue weighted by molar-refractivity contribution is 6.00. The Hall–Kier alpha value is -1.79. The summed E-state index contributed by atoms with van der Waals surface area (Å²) in [6.45, 7) is 3.91. The number of ether oxygens (including phenoxy) is 1. The van der Waals surface area contributed by atoms with E-state index in [0.29, 0.717) is 43.2 Å². The van der Waals surface area contributed by atoms with Crippen molar-refractivity contribution in [3.8, 4) is 0 Å². The van der Waals surface area contributed by atoms with Crippen LogP contribution in [0.25, 0.3) is 0 Å². The second kappa shape index (κ2) is 8.39. The quantitative estimate of drug-likeness (QED) is 0.603. The normalized spacial score (nSPS) is 10.3. The molecule has 0 aliphatic carbocycles. The summed E-state index contributed by atoms with van der Waals surface area (Å²) < 4.78 is 5.06. The van der Waals surface area contributed by atoms with Gasteiger partial charge in [0.1, 0.15) is 0 Å². The van der Waals surface area contributed by atoms with Gasteiger partial charge in [-0.3, -0.25) is 4.79 Å². The highest BCUT2D eigenvalue weighted by Gasteiger charge is 2.16. The van der Waals surface area contributed by atoms with Crippen LogP contribution in [0.2, 0.25) is 0 Å². The summed E-state index contributed by atoms with van der Waals surface area (Å²) in [5.41, 5.74) is 7.65. The molecule has 1 amide bonds. The molecule has 0 fully saturated rings. The van der Waals surface area contributed by atoms with E-state index in [-0.39, 0.29) is 12.5 Å². The molecule has 1 aromatic rings. The van der Waals surface area contributed by atoms with Gasteiger partial charge in [0.15, 0.2) is 0 Å². The third kappa shape index (κ3) is 4.40. The van der Waals surface area contributed by atoms with E-state index >= 15 is 0 Å². The van der Waals surface area contributed by atoms with E-state index in [0.717, 1.165) is 0 Å². The van der Waals surface area contributed by atoms with E-state index in [2.05, 4.69) is 5.32 Å². The number of nitrogen functional groups attached to an aromatic ring is 1. The molecular formula is C14H23N3O3. The minimum atomic E-state index is -0.150. The lowest BCUT2D eigenvalue weighted by atomic mass is 10.1. The van der Waals surface area contributed by atoms with Crippen molar-refractivity contribution in [3.05, 3.63) is 23.8 Å². The maximum Gasteiger partial charge on any atom is 0.253 e. The van der Waals surface area contributed by atoms with E-state index < -0.39 is 0 Å². The molecular weight excluding hydrogens is 258 g/mol. The first-order chi connectivity index (χ1) is 9.63. The number of hydrogen-bond acceptors (Lipinski definition) is 5. The number of carbonyl (C=O) groups excluding carboxylic acids is 1. The molecule has 0 spiro atoms. The summed E-state index contributed by atoms with van der Waals surface area (Å²) in [5.74, 6) is -0.150. The monoisotopic (exact) mass is 281 g/mol. The molecule has 4 N–H and O–H groups in total. The predicted molar refractivity (Wildman–Crippen MR) is 80.0 cm³/mol. The number of anilines is 2. The Kier molecular flexibility index (Phi) is 6.83. The number of rotatable bonds is 8. The highest BCUT2D eigenvalue weighted by atomic mass is 16.5. The first-order valence-corrected chi connectivity index (χ1v) is 6.66. The van der Waals surface area contributed by atoms with Crippen molar-refractivity contribution >= 4 is 17.3 Å². The molecule has 0 atom stereocenters. The van der Waals surface area contributed by atoms with Crippen molar-refractivity contribution < 1.29 is 14.6 Å². The minimum absolute atomic E-state index is 0.00660. The number of amides is 1. The molecule has 6 heteroatoms. The van der Waals surface area contributed by atoms with Crippen LogP contribution in [-0.4, -0.2) is 51.0 Å². The summed E-state index contributed by atoms with van der Waals surface area (Å²) in [7, 11) is 1.61. The van der Waals surface area contributed by atoms with Crippen LogP contribution < -0.4 is 16.0 Å². The van der Waals surface area contributed by atoms with Crippen LogP contribution in [0.15, 0.2) is 18.2 Å². The molecule has 0 aliphatic heterocycles. The van der Waals surface area contributed by atoms with Gasteiger partial charge in [-0.1, -0.05) is 0 Å². The van der Waals surface area contributed by atoms with Gasteiger partial charge in [0, 0.05) is 32.4 Å². The second-order valence-electron chi connectivity index (χ2n) is 4.34. The number of methoxy groups -OCH3 is 1. The second-order valence-corrected chi connectivity index (χ2v) is 4.34. The SMILES string of the molecule is CCNC(=O)c1ccc(N)cc1N(CCO)CCOC. The lowest BCUT2D eigenvalue weighted by Gasteiger charge is -2.26. The van der Waals surface area contributed by atoms with Crippen molar-refractivity contribution in [2.75, 3.05) is 50.6 Å². The Bertz CT molecular complexity index is 438. The van der Waals surface area contributed by atoms with Crippen molar-refractivity contribution in [2.24, 2.45) is 0 Å². The summed E-state index contributed by atoms with van der Waals surface area (Å²) >= 11 is 0. The zero-order valence-electron chi connectivity index (χ0n) is 12.1. The fourth-order valence-corrected chi connectivity index (χ4v) is 1.93. The van der Waals surface area contributed by atoms with Crippen molar-refractivity contribution in [1.82, 2.24) is 5.32 Å². The van der Waals surface area contributed by atoms with Crippen LogP contribution in [0.1, 0.15) is 17.3 Å². The maximum absolute atomic E-state index is 12.1. The topological polar surface area (TPSA) is 87.8 Å². The Labute approximate surface area is 119 Å². The minimum Gasteiger partial charge on any atom is -0.399 e. The maximum atomic E-state index is 12.1. The van der Waals surface area contributed by atoms with Gasteiger partial charge in [-0.15, -0.1) is 0 Å². The van der Waals surface area contributed by atoms with E-state index in [9.17, 15) is 9.90 Å². The van der Waals surface area contributed by atoms with Crippen LogP contribution in [0.5, 0.6) is 0 Å². The number of aliphatic hydroxyl groups is 1. The third-order valence-electron chi connectivity index (χ3n) is 2.88. The van der Waals surface area contributed by atoms with Crippen LogP contribution in [0.4, 0.5) is 11.4 Å². The van der Waals surface area contributed by atoms with Gasteiger partial charge in [-0.25, -0.2) is 0 Å². The number of aliphatic hydroxyl groups excluding tert-OH is 1. The van der Waals surface area contributed by atoms with Crippen molar-refractivity contribution in [2.45, 2.75) is 6.92 Å². The third-order valence-corrected chi connectivity index (χ3v) is 2.88. The largest absolute Gasteiger partial charge is 0.399 e. The van der Waals surface area contributed by atoms with Crippen LogP contribution >= 0.6 is 0 Å². The highest BCUT2D eigenvalue weighted by Crippen LogP contribution is 2.23. The number of nitrogens with zero attached hydrogens (tertiary/aromatic N) is 1. The summed E-state index contributed by atoms with van der Waals surface area (Å²) in [6, 6.07) is 5.14. The molecule has 1 aromatic carbocycles. The predicted octanol–water partition coefficient (Wildman–Crippen LogP) is 0.464. The number of hydrogen-bond donors (Lipinski definition) is 3. The standard InChI is InChI=1S/C14H23N3O3/c1-3-16-14(19)12-5-4-11(15)10-13(12)17(6-8-18)7-9-20-2/h4-5,10,18H,3,6-9,15H2,1-2H3,(H,16,19). The molecule has 6 nitrogen and oxygen atoms in total. The average Bonchev–Trinajstić information content (AvgIpc) is 2.43. The van der Waals surface area contributed by atoms with Gasteiger partial charge in [0.25, 0.3) is 5.91 Å². The molecule has 0 bridgehead atoms. The first-order valence-electron chi connectivity index (χ1n) is 6.66. The first kappa shape index (κ1) is 16.3. The molecule has 0 radical (unpaired) electrons. The molecule has 20 heavy (non-hydrogen) atoms. The fraction of sp³-hybridized carbons (Fsp3) is 0.500. The van der Waals surface area contributed by atoms with Gasteiger partial charge < -0.3 is 25.8 Å². The Morgan fingerprint density at radius 3 is 2.80 bits per heavy atom. The van der Waals surface area contributed by atoms with Crippen LogP contribution in [-0.2, 0) is 4.74 Å². The van der Waals surface area contributed by atoms with Gasteiger partial charge in [0.2, 0.25) is 0 Å². The number of carbonyl (C=O) groups is 1. The van der Waals surface area contributed by atoms with Crippen LogP contribution in [0.3, 0.4) is 0 Å². The molecule has 0 aromatic heterocycles. The van der Waals surface area contributed by atoms with Gasteiger partial charge in [-0.05, 0) is 25.1 Å². The zero-order chi connectivity index (χ0) is 15.0. The summed E-state index contributed by atoms with van der Waals surface area (Å²) in [6.07, 6.45) is 0. The molecule has 0 saturated carbocycles. The average molecular weight is 281 g/mol. The van der Waals surface area contributed by atoms with Crippen LogP contribution in [0, 0.1) is 0 Å². The Morgan fingerprint density at radius 1 is 1.45 bits per heavy atom. The lowest BCUT2D eigenvalue weighted by Crippen LogP contribution is -2.33. The molecule has 0 heterocycles. The summed E-state index contributed by atoms with van der Waals surface area (Å²) in [5, 5.41) is 12.0. The van der Waals surface area contributed by atoms with E-state index in [1.165, 1.54) is 0 Å². The van der Waals surface area contributed by atoms with Crippen molar-refractivity contribution in [1.29, 1.82) is 0 Å². The lowest BCUT2D eigenvalue weighted by molar-refractivity contribution is 0.0956. The van der Waals surface area contributed by atoms with E-state index in [4.69, 9.17) is 10.5 Å². The molecule has 0 unspecified atom stereocenters. The number of nitrogens with two attached hydrogens (primary N) is 1. The molecule has 0 saturated heterocycles. The molecule has 1 rings (SSSR count). The fourth-order valence-electron chi connectivity index (χ4n) is 1.93. The van der Waals surface area contributed by atoms with Crippen molar-refractivity contribution in [3.63, 3.8) is 0 Å². The smallest absolute Gasteiger partial charge is 0.253 e. The number of nitrogens with one attached hydrogen (secondary N) is 1. The molecule has 112 valence electrons. The van der Waals surface area contributed by atoms with E-state index in [1.807, 2.05) is 11.8 Å². The van der Waals surface area contributed by atoms with E-state index in [1.54, 1.807) is 25.3 Å². The van der Waals surface area contributed by atoms with Gasteiger partial charge in [0.05, 0.1) is 24.5 Å². The summed E-state index contributed by atoms with van der Waals surface area (Å²) in [4.78, 5) is 14.0. The zero-order valence-corrected chi connectivity index (χ0v) is 12.1. The van der Waals surface area contributed by atoms with Gasteiger partial charge >= 0.3 is 0 Å². The van der Waals surface area contributed by atoms with Gasteiger partial charge in [-0.2, -0.15) is 0 Å². The Morgan fingerprint density at radius 2 is 2.20 bits per heavy atom.